The fraction of sp³-hybridized carbons (Fsp3) is 0.900. The number of Topliss-reactive ketones (excluding diaryl/α,β-unsaturated/α-hetero) is 1. The van der Waals surface area contributed by atoms with Crippen LogP contribution in [-0.2, 0) is 4.79 Å². The SMILES string of the molecule is CC1(C)[C@H]2CC(=O)[C@]1(C)C[C@@H]2Br. The molecule has 0 aromatic heterocycles. The molecule has 0 aromatic rings. The van der Waals surface area contributed by atoms with Gasteiger partial charge in [0.25, 0.3) is 0 Å². The number of halogens is 1. The van der Waals surface area contributed by atoms with E-state index in [1.54, 1.807) is 0 Å². The second kappa shape index (κ2) is 2.14. The first-order valence-corrected chi connectivity index (χ1v) is 5.48. The van der Waals surface area contributed by atoms with Gasteiger partial charge in [-0.1, -0.05) is 36.7 Å². The van der Waals surface area contributed by atoms with Crippen LogP contribution in [0.4, 0.5) is 0 Å². The van der Waals surface area contributed by atoms with E-state index in [1.165, 1.54) is 0 Å². The van der Waals surface area contributed by atoms with Gasteiger partial charge < -0.3 is 0 Å². The van der Waals surface area contributed by atoms with Gasteiger partial charge in [-0.2, -0.15) is 0 Å². The van der Waals surface area contributed by atoms with Crippen LogP contribution in [0.5, 0.6) is 0 Å². The Morgan fingerprint density at radius 1 is 1.42 bits per heavy atom. The molecule has 2 bridgehead atoms. The molecule has 2 fully saturated rings. The van der Waals surface area contributed by atoms with Crippen LogP contribution in [0.25, 0.3) is 0 Å². The van der Waals surface area contributed by atoms with Crippen LogP contribution in [0.1, 0.15) is 33.6 Å². The van der Waals surface area contributed by atoms with E-state index in [1.807, 2.05) is 0 Å². The topological polar surface area (TPSA) is 17.1 Å². The Hall–Kier alpha value is 0.150. The van der Waals surface area contributed by atoms with Gasteiger partial charge in [0.05, 0.1) is 0 Å². The van der Waals surface area contributed by atoms with E-state index in [2.05, 4.69) is 36.7 Å². The zero-order valence-corrected chi connectivity index (χ0v) is 9.44. The van der Waals surface area contributed by atoms with Gasteiger partial charge in [0.1, 0.15) is 5.78 Å². The highest BCUT2D eigenvalue weighted by Gasteiger charge is 2.64. The van der Waals surface area contributed by atoms with Crippen molar-refractivity contribution >= 4 is 21.7 Å². The number of rotatable bonds is 0. The standard InChI is InChI=1S/C10H15BrO/c1-9(2)6-4-8(12)10(9,3)5-7(6)11/h6-7H,4-5H2,1-3H3/t6-,7-,10-/m0/s1. The summed E-state index contributed by atoms with van der Waals surface area (Å²) in [6.45, 7) is 6.62. The van der Waals surface area contributed by atoms with Crippen molar-refractivity contribution in [3.8, 4) is 0 Å². The first-order valence-electron chi connectivity index (χ1n) is 4.57. The lowest BCUT2D eigenvalue weighted by atomic mass is 9.70. The van der Waals surface area contributed by atoms with Crippen molar-refractivity contribution in [2.45, 2.75) is 38.4 Å². The first kappa shape index (κ1) is 8.74. The molecule has 0 heterocycles. The molecule has 0 N–H and O–H groups in total. The minimum absolute atomic E-state index is 0.0498. The van der Waals surface area contributed by atoms with Crippen LogP contribution in [0.3, 0.4) is 0 Å². The largest absolute Gasteiger partial charge is 0.299 e. The molecule has 1 nitrogen and oxygen atoms in total. The maximum Gasteiger partial charge on any atom is 0.139 e. The first-order chi connectivity index (χ1) is 5.39. The Bertz CT molecular complexity index is 246. The van der Waals surface area contributed by atoms with Gasteiger partial charge in [0, 0.05) is 16.7 Å². The summed E-state index contributed by atoms with van der Waals surface area (Å²) in [7, 11) is 0. The van der Waals surface area contributed by atoms with Gasteiger partial charge >= 0.3 is 0 Å². The average molecular weight is 231 g/mol. The van der Waals surface area contributed by atoms with Crippen molar-refractivity contribution < 1.29 is 4.79 Å². The van der Waals surface area contributed by atoms with Crippen molar-refractivity contribution in [1.29, 1.82) is 0 Å². The lowest BCUT2D eigenvalue weighted by Crippen LogP contribution is -2.32. The number of hydrogen-bond donors (Lipinski definition) is 0. The van der Waals surface area contributed by atoms with E-state index in [4.69, 9.17) is 0 Å². The molecule has 0 unspecified atom stereocenters. The molecule has 0 spiro atoms. The predicted molar refractivity (Wildman–Crippen MR) is 52.3 cm³/mol. The molecule has 0 aliphatic heterocycles. The zero-order chi connectivity index (χ0) is 9.15. The van der Waals surface area contributed by atoms with Crippen LogP contribution < -0.4 is 0 Å². The summed E-state index contributed by atoms with van der Waals surface area (Å²) < 4.78 is 0. The number of fused-ring (bicyclic) bond motifs is 2. The number of alkyl halides is 1. The van der Waals surface area contributed by atoms with Gasteiger partial charge in [-0.3, -0.25) is 4.79 Å². The maximum absolute atomic E-state index is 11.7. The summed E-state index contributed by atoms with van der Waals surface area (Å²) in [5.74, 6) is 1.04. The Balaban J connectivity index is 2.47. The highest BCUT2D eigenvalue weighted by atomic mass is 79.9. The Morgan fingerprint density at radius 2 is 2.00 bits per heavy atom. The lowest BCUT2D eigenvalue weighted by Gasteiger charge is -2.32. The molecule has 2 aliphatic carbocycles. The third-order valence-corrected chi connectivity index (χ3v) is 5.37. The average Bonchev–Trinajstić information content (AvgIpc) is 2.18. The molecule has 0 saturated heterocycles. The maximum atomic E-state index is 11.7. The minimum atomic E-state index is -0.0498. The predicted octanol–water partition coefficient (Wildman–Crippen LogP) is 2.78. The smallest absolute Gasteiger partial charge is 0.139 e. The third-order valence-electron chi connectivity index (χ3n) is 4.41. The van der Waals surface area contributed by atoms with Gasteiger partial charge in [-0.05, 0) is 17.8 Å². The molecule has 2 aliphatic rings. The summed E-state index contributed by atoms with van der Waals surface area (Å²) in [6, 6.07) is 0. The molecule has 68 valence electrons. The van der Waals surface area contributed by atoms with Crippen molar-refractivity contribution in [2.75, 3.05) is 0 Å². The normalized spacial score (nSPS) is 50.2. The van der Waals surface area contributed by atoms with Crippen LogP contribution in [0.15, 0.2) is 0 Å². The third kappa shape index (κ3) is 0.729. The highest BCUT2D eigenvalue weighted by molar-refractivity contribution is 9.09. The number of carbonyl (C=O) groups excluding carboxylic acids is 1. The van der Waals surface area contributed by atoms with Crippen molar-refractivity contribution in [1.82, 2.24) is 0 Å². The van der Waals surface area contributed by atoms with Crippen LogP contribution >= 0.6 is 15.9 Å². The summed E-state index contributed by atoms with van der Waals surface area (Å²) >= 11 is 3.68. The number of ketones is 1. The van der Waals surface area contributed by atoms with Gasteiger partial charge in [0.15, 0.2) is 0 Å². The monoisotopic (exact) mass is 230 g/mol. The highest BCUT2D eigenvalue weighted by Crippen LogP contribution is 2.65. The van der Waals surface area contributed by atoms with E-state index >= 15 is 0 Å². The molecular weight excluding hydrogens is 216 g/mol. The van der Waals surface area contributed by atoms with E-state index in [9.17, 15) is 4.79 Å². The fourth-order valence-electron chi connectivity index (χ4n) is 2.94. The lowest BCUT2D eigenvalue weighted by molar-refractivity contribution is -0.128. The molecule has 12 heavy (non-hydrogen) atoms. The molecule has 0 radical (unpaired) electrons. The van der Waals surface area contributed by atoms with Crippen molar-refractivity contribution in [3.63, 3.8) is 0 Å². The molecule has 2 heteroatoms. The van der Waals surface area contributed by atoms with Crippen LogP contribution in [-0.4, -0.2) is 10.6 Å². The number of hydrogen-bond acceptors (Lipinski definition) is 1. The van der Waals surface area contributed by atoms with Gasteiger partial charge in [0.2, 0.25) is 0 Å². The van der Waals surface area contributed by atoms with Crippen molar-refractivity contribution in [3.05, 3.63) is 0 Å². The molecular formula is C10H15BrO. The van der Waals surface area contributed by atoms with E-state index in [0.29, 0.717) is 16.5 Å². The second-order valence-electron chi connectivity index (χ2n) is 5.01. The van der Waals surface area contributed by atoms with Crippen LogP contribution in [0.2, 0.25) is 0 Å². The van der Waals surface area contributed by atoms with Gasteiger partial charge in [-0.15, -0.1) is 0 Å². The Morgan fingerprint density at radius 3 is 2.25 bits per heavy atom. The summed E-state index contributed by atoms with van der Waals surface area (Å²) in [5.41, 5.74) is 0.157. The van der Waals surface area contributed by atoms with Gasteiger partial charge in [-0.25, -0.2) is 0 Å². The second-order valence-corrected chi connectivity index (χ2v) is 6.18. The van der Waals surface area contributed by atoms with E-state index < -0.39 is 0 Å². The molecule has 2 rings (SSSR count). The summed E-state index contributed by atoms with van der Waals surface area (Å²) in [4.78, 5) is 12.3. The quantitative estimate of drug-likeness (QED) is 0.586. The summed E-state index contributed by atoms with van der Waals surface area (Å²) in [6.07, 6.45) is 1.82. The fourth-order valence-corrected chi connectivity index (χ4v) is 4.43. The van der Waals surface area contributed by atoms with E-state index in [0.717, 1.165) is 12.8 Å². The van der Waals surface area contributed by atoms with Crippen molar-refractivity contribution in [2.24, 2.45) is 16.7 Å². The Labute approximate surface area is 82.0 Å². The van der Waals surface area contributed by atoms with Crippen LogP contribution in [0, 0.1) is 16.7 Å². The molecule has 3 atom stereocenters. The molecule has 0 amide bonds. The van der Waals surface area contributed by atoms with E-state index in [-0.39, 0.29) is 10.8 Å². The summed E-state index contributed by atoms with van der Waals surface area (Å²) in [5, 5.41) is 0. The zero-order valence-electron chi connectivity index (χ0n) is 7.86. The molecule has 0 aromatic carbocycles. The Kier molecular flexibility index (Phi) is 1.56. The minimum Gasteiger partial charge on any atom is -0.299 e. The number of carbonyl (C=O) groups is 1. The molecule has 2 saturated carbocycles.